The average molecular weight is 150 g/mol. The van der Waals surface area contributed by atoms with E-state index >= 15 is 0 Å². The summed E-state index contributed by atoms with van der Waals surface area (Å²) >= 11 is 0. The molecule has 3 nitrogen and oxygen atoms in total. The first kappa shape index (κ1) is 7.83. The quantitative estimate of drug-likeness (QED) is 0.709. The Morgan fingerprint density at radius 3 is 3.09 bits per heavy atom. The fourth-order valence-corrected chi connectivity index (χ4v) is 0.870. The van der Waals surface area contributed by atoms with Crippen LogP contribution in [-0.4, -0.2) is 6.54 Å². The van der Waals surface area contributed by atoms with Crippen molar-refractivity contribution < 1.29 is 4.42 Å². The fourth-order valence-electron chi connectivity index (χ4n) is 0.870. The number of furan rings is 1. The van der Waals surface area contributed by atoms with Crippen LogP contribution in [0, 0.1) is 11.3 Å². The zero-order valence-corrected chi connectivity index (χ0v) is 6.37. The molecular formula is C8H10N2O. The van der Waals surface area contributed by atoms with Crippen LogP contribution in [0.2, 0.25) is 0 Å². The predicted octanol–water partition coefficient (Wildman–Crippen LogP) is 1.45. The van der Waals surface area contributed by atoms with Crippen molar-refractivity contribution in [3.05, 3.63) is 24.2 Å². The molecule has 11 heavy (non-hydrogen) atoms. The van der Waals surface area contributed by atoms with Crippen LogP contribution in [0.15, 0.2) is 22.8 Å². The first-order valence-electron chi connectivity index (χ1n) is 3.55. The number of nitrogens with one attached hydrogen (secondary N) is 1. The smallest absolute Gasteiger partial charge is 0.154 e. The maximum atomic E-state index is 8.66. The van der Waals surface area contributed by atoms with Gasteiger partial charge in [-0.1, -0.05) is 6.92 Å². The summed E-state index contributed by atoms with van der Waals surface area (Å²) in [5.74, 6) is 0.675. The molecule has 0 aliphatic rings. The second-order valence-electron chi connectivity index (χ2n) is 2.14. The number of nitriles is 1. The second kappa shape index (κ2) is 3.79. The number of nitrogens with zero attached hydrogens (tertiary/aromatic N) is 1. The molecule has 0 saturated heterocycles. The molecule has 1 heterocycles. The Morgan fingerprint density at radius 2 is 2.64 bits per heavy atom. The Labute approximate surface area is 65.6 Å². The molecule has 0 amide bonds. The molecule has 0 aliphatic carbocycles. The first-order chi connectivity index (χ1) is 5.38. The minimum absolute atomic E-state index is 0.310. The van der Waals surface area contributed by atoms with Gasteiger partial charge in [-0.2, -0.15) is 5.26 Å². The van der Waals surface area contributed by atoms with Crippen LogP contribution in [-0.2, 0) is 0 Å². The minimum Gasteiger partial charge on any atom is -0.467 e. The Bertz CT molecular complexity index is 235. The van der Waals surface area contributed by atoms with E-state index in [4.69, 9.17) is 9.68 Å². The van der Waals surface area contributed by atoms with Crippen molar-refractivity contribution in [3.8, 4) is 6.07 Å². The molecule has 3 heteroatoms. The van der Waals surface area contributed by atoms with Crippen molar-refractivity contribution in [1.29, 1.82) is 5.26 Å². The normalized spacial score (nSPS) is 12.4. The lowest BCUT2D eigenvalue weighted by Gasteiger charge is -2.04. The molecule has 0 aliphatic heterocycles. The van der Waals surface area contributed by atoms with E-state index in [9.17, 15) is 0 Å². The van der Waals surface area contributed by atoms with Crippen LogP contribution in [0.3, 0.4) is 0 Å². The van der Waals surface area contributed by atoms with Crippen molar-refractivity contribution in [2.24, 2.45) is 0 Å². The maximum absolute atomic E-state index is 8.66. The lowest BCUT2D eigenvalue weighted by Crippen LogP contribution is -2.18. The van der Waals surface area contributed by atoms with E-state index < -0.39 is 0 Å². The molecule has 0 spiro atoms. The highest BCUT2D eigenvalue weighted by Gasteiger charge is 2.09. The third-order valence-corrected chi connectivity index (χ3v) is 1.37. The van der Waals surface area contributed by atoms with Gasteiger partial charge in [0.2, 0.25) is 0 Å². The van der Waals surface area contributed by atoms with Crippen molar-refractivity contribution in [2.75, 3.05) is 6.54 Å². The van der Waals surface area contributed by atoms with Gasteiger partial charge in [-0.15, -0.1) is 0 Å². The van der Waals surface area contributed by atoms with Crippen molar-refractivity contribution >= 4 is 0 Å². The molecule has 0 fully saturated rings. The summed E-state index contributed by atoms with van der Waals surface area (Å²) in [5.41, 5.74) is 0. The first-order valence-corrected chi connectivity index (χ1v) is 3.55. The second-order valence-corrected chi connectivity index (χ2v) is 2.14. The molecule has 1 aromatic rings. The van der Waals surface area contributed by atoms with Gasteiger partial charge in [-0.3, -0.25) is 5.32 Å². The summed E-state index contributed by atoms with van der Waals surface area (Å²) in [6, 6.07) is 5.35. The summed E-state index contributed by atoms with van der Waals surface area (Å²) in [5, 5.41) is 11.6. The van der Waals surface area contributed by atoms with Gasteiger partial charge in [0.05, 0.1) is 12.3 Å². The molecule has 0 aromatic carbocycles. The zero-order valence-electron chi connectivity index (χ0n) is 6.37. The molecule has 0 radical (unpaired) electrons. The van der Waals surface area contributed by atoms with Crippen LogP contribution < -0.4 is 5.32 Å². The number of hydrogen-bond donors (Lipinski definition) is 1. The van der Waals surface area contributed by atoms with E-state index in [1.54, 1.807) is 18.4 Å². The van der Waals surface area contributed by atoms with Crippen LogP contribution in [0.4, 0.5) is 0 Å². The Hall–Kier alpha value is -1.27. The number of rotatable bonds is 3. The lowest BCUT2D eigenvalue weighted by atomic mass is 10.2. The zero-order chi connectivity index (χ0) is 8.10. The largest absolute Gasteiger partial charge is 0.467 e. The summed E-state index contributed by atoms with van der Waals surface area (Å²) in [4.78, 5) is 0. The molecule has 1 rings (SSSR count). The highest BCUT2D eigenvalue weighted by atomic mass is 16.3. The van der Waals surface area contributed by atoms with Gasteiger partial charge in [0.15, 0.2) is 6.04 Å². The van der Waals surface area contributed by atoms with Crippen LogP contribution in [0.25, 0.3) is 0 Å². The highest BCUT2D eigenvalue weighted by Crippen LogP contribution is 2.11. The van der Waals surface area contributed by atoms with E-state index in [0.29, 0.717) is 5.76 Å². The monoisotopic (exact) mass is 150 g/mol. The van der Waals surface area contributed by atoms with Crippen molar-refractivity contribution in [2.45, 2.75) is 13.0 Å². The molecule has 58 valence electrons. The molecule has 0 bridgehead atoms. The Kier molecular flexibility index (Phi) is 2.70. The predicted molar refractivity (Wildman–Crippen MR) is 40.7 cm³/mol. The molecule has 1 N–H and O–H groups in total. The summed E-state index contributed by atoms with van der Waals surface area (Å²) in [6.07, 6.45) is 1.57. The Balaban J connectivity index is 2.65. The van der Waals surface area contributed by atoms with Gasteiger partial charge in [0, 0.05) is 0 Å². The third-order valence-electron chi connectivity index (χ3n) is 1.37. The molecule has 0 saturated carbocycles. The molecule has 1 unspecified atom stereocenters. The van der Waals surface area contributed by atoms with Gasteiger partial charge in [-0.25, -0.2) is 0 Å². The van der Waals surface area contributed by atoms with Gasteiger partial charge >= 0.3 is 0 Å². The molecule has 1 atom stereocenters. The Morgan fingerprint density at radius 1 is 1.82 bits per heavy atom. The third kappa shape index (κ3) is 1.82. The van der Waals surface area contributed by atoms with Gasteiger partial charge in [-0.05, 0) is 18.7 Å². The van der Waals surface area contributed by atoms with Crippen molar-refractivity contribution in [3.63, 3.8) is 0 Å². The van der Waals surface area contributed by atoms with E-state index in [1.165, 1.54) is 0 Å². The summed E-state index contributed by atoms with van der Waals surface area (Å²) < 4.78 is 5.05. The van der Waals surface area contributed by atoms with Crippen LogP contribution in [0.5, 0.6) is 0 Å². The van der Waals surface area contributed by atoms with Crippen LogP contribution >= 0.6 is 0 Å². The molecular weight excluding hydrogens is 140 g/mol. The lowest BCUT2D eigenvalue weighted by molar-refractivity contribution is 0.463. The van der Waals surface area contributed by atoms with Crippen molar-refractivity contribution in [1.82, 2.24) is 5.32 Å². The highest BCUT2D eigenvalue weighted by molar-refractivity contribution is 5.11. The van der Waals surface area contributed by atoms with Crippen LogP contribution in [0.1, 0.15) is 18.7 Å². The standard InChI is InChI=1S/C8H10N2O/c1-2-10-7(6-9)8-4-3-5-11-8/h3-5,7,10H,2H2,1H3. The molecule has 1 aromatic heterocycles. The van der Waals surface area contributed by atoms with Gasteiger partial charge in [0.25, 0.3) is 0 Å². The maximum Gasteiger partial charge on any atom is 0.154 e. The topological polar surface area (TPSA) is 49.0 Å². The van der Waals surface area contributed by atoms with Gasteiger partial charge < -0.3 is 4.42 Å². The van der Waals surface area contributed by atoms with E-state index in [2.05, 4.69) is 11.4 Å². The summed E-state index contributed by atoms with van der Waals surface area (Å²) in [6.45, 7) is 2.71. The van der Waals surface area contributed by atoms with E-state index in [-0.39, 0.29) is 6.04 Å². The van der Waals surface area contributed by atoms with E-state index in [0.717, 1.165) is 6.54 Å². The fraction of sp³-hybridized carbons (Fsp3) is 0.375. The number of hydrogen-bond acceptors (Lipinski definition) is 3. The SMILES string of the molecule is CCNC(C#N)c1ccco1. The average Bonchev–Trinajstić information content (AvgIpc) is 2.52. The summed E-state index contributed by atoms with van der Waals surface area (Å²) in [7, 11) is 0. The van der Waals surface area contributed by atoms with Gasteiger partial charge in [0.1, 0.15) is 5.76 Å². The minimum atomic E-state index is -0.310. The van der Waals surface area contributed by atoms with E-state index in [1.807, 2.05) is 6.92 Å².